The van der Waals surface area contributed by atoms with Gasteiger partial charge < -0.3 is 4.90 Å². The van der Waals surface area contributed by atoms with E-state index in [1.54, 1.807) is 0 Å². The van der Waals surface area contributed by atoms with Crippen LogP contribution in [0.3, 0.4) is 0 Å². The second-order valence-corrected chi connectivity index (χ2v) is 6.72. The molecule has 1 N–H and O–H groups in total. The minimum atomic E-state index is 0.0774. The molecule has 2 bridgehead atoms. The summed E-state index contributed by atoms with van der Waals surface area (Å²) < 4.78 is 0. The Hall–Kier alpha value is -0.570. The molecule has 2 saturated carbocycles. The lowest BCUT2D eigenvalue weighted by Gasteiger charge is -2.27. The van der Waals surface area contributed by atoms with Gasteiger partial charge in [0.05, 0.1) is 12.7 Å². The first kappa shape index (κ1) is 12.5. The number of carbonyl (C=O) groups is 1. The fraction of sp³-hybridized carbons (Fsp3) is 0.933. The van der Waals surface area contributed by atoms with Crippen LogP contribution in [0.1, 0.15) is 46.0 Å². The van der Waals surface area contributed by atoms with Crippen LogP contribution in [0, 0.1) is 23.7 Å². The van der Waals surface area contributed by atoms with Crippen LogP contribution < -0.4 is 5.32 Å². The van der Waals surface area contributed by atoms with Crippen molar-refractivity contribution >= 4 is 5.91 Å². The summed E-state index contributed by atoms with van der Waals surface area (Å²) >= 11 is 0. The van der Waals surface area contributed by atoms with E-state index in [0.29, 0.717) is 11.8 Å². The van der Waals surface area contributed by atoms with E-state index in [1.165, 1.54) is 25.7 Å². The van der Waals surface area contributed by atoms with Crippen LogP contribution in [0.4, 0.5) is 0 Å². The maximum Gasteiger partial charge on any atom is 0.241 e. The Balaban J connectivity index is 1.57. The van der Waals surface area contributed by atoms with Crippen molar-refractivity contribution in [1.29, 1.82) is 0 Å². The standard InChI is InChI=1S/C15H26N2O/c1-3-10(2)14-15(18)17(9-16-14)8-13-7-11-4-5-12(13)6-11/h10-14,16H,3-9H2,1-2H3. The molecule has 1 heterocycles. The van der Waals surface area contributed by atoms with Crippen molar-refractivity contribution in [3.05, 3.63) is 0 Å². The number of rotatable bonds is 4. The number of fused-ring (bicyclic) bond motifs is 2. The monoisotopic (exact) mass is 250 g/mol. The highest BCUT2D eigenvalue weighted by Crippen LogP contribution is 2.48. The van der Waals surface area contributed by atoms with E-state index in [2.05, 4.69) is 24.1 Å². The summed E-state index contributed by atoms with van der Waals surface area (Å²) in [6.07, 6.45) is 6.76. The van der Waals surface area contributed by atoms with Gasteiger partial charge in [0, 0.05) is 6.54 Å². The molecule has 18 heavy (non-hydrogen) atoms. The van der Waals surface area contributed by atoms with Crippen molar-refractivity contribution < 1.29 is 4.79 Å². The molecule has 3 aliphatic rings. The molecule has 3 heteroatoms. The SMILES string of the molecule is CCC(C)C1NCN(CC2CC3CCC2C3)C1=O. The molecule has 1 aliphatic heterocycles. The second kappa shape index (κ2) is 4.84. The summed E-state index contributed by atoms with van der Waals surface area (Å²) in [5.74, 6) is 3.52. The fourth-order valence-corrected chi connectivity index (χ4v) is 4.29. The van der Waals surface area contributed by atoms with Crippen molar-refractivity contribution in [3.63, 3.8) is 0 Å². The van der Waals surface area contributed by atoms with Gasteiger partial charge in [-0.3, -0.25) is 10.1 Å². The summed E-state index contributed by atoms with van der Waals surface area (Å²) in [7, 11) is 0. The normalized spacial score (nSPS) is 40.8. The maximum absolute atomic E-state index is 12.4. The largest absolute Gasteiger partial charge is 0.328 e. The lowest BCUT2D eigenvalue weighted by atomic mass is 9.88. The van der Waals surface area contributed by atoms with E-state index in [4.69, 9.17) is 0 Å². The average molecular weight is 250 g/mol. The fourth-order valence-electron chi connectivity index (χ4n) is 4.29. The van der Waals surface area contributed by atoms with Crippen molar-refractivity contribution in [3.8, 4) is 0 Å². The highest BCUT2D eigenvalue weighted by Gasteiger charge is 2.42. The Morgan fingerprint density at radius 2 is 2.22 bits per heavy atom. The molecule has 5 atom stereocenters. The Kier molecular flexibility index (Phi) is 3.35. The van der Waals surface area contributed by atoms with E-state index in [9.17, 15) is 4.79 Å². The van der Waals surface area contributed by atoms with Crippen molar-refractivity contribution in [1.82, 2.24) is 10.2 Å². The first-order chi connectivity index (χ1) is 8.69. The molecular weight excluding hydrogens is 224 g/mol. The molecule has 2 aliphatic carbocycles. The predicted octanol–water partition coefficient (Wildman–Crippen LogP) is 2.23. The molecule has 0 aromatic heterocycles. The van der Waals surface area contributed by atoms with Crippen LogP contribution in [0.25, 0.3) is 0 Å². The van der Waals surface area contributed by atoms with Gasteiger partial charge in [-0.2, -0.15) is 0 Å². The lowest BCUT2D eigenvalue weighted by Crippen LogP contribution is -2.37. The summed E-state index contributed by atoms with van der Waals surface area (Å²) in [4.78, 5) is 14.4. The van der Waals surface area contributed by atoms with Gasteiger partial charge in [0.2, 0.25) is 5.91 Å². The van der Waals surface area contributed by atoms with Gasteiger partial charge >= 0.3 is 0 Å². The van der Waals surface area contributed by atoms with Crippen molar-refractivity contribution in [2.24, 2.45) is 23.7 Å². The highest BCUT2D eigenvalue weighted by atomic mass is 16.2. The first-order valence-corrected chi connectivity index (χ1v) is 7.71. The Morgan fingerprint density at radius 3 is 2.83 bits per heavy atom. The van der Waals surface area contributed by atoms with Gasteiger partial charge in [-0.1, -0.05) is 26.7 Å². The molecule has 1 amide bonds. The van der Waals surface area contributed by atoms with Crippen LogP contribution in [0.2, 0.25) is 0 Å². The van der Waals surface area contributed by atoms with E-state index < -0.39 is 0 Å². The van der Waals surface area contributed by atoms with Crippen LogP contribution in [0.15, 0.2) is 0 Å². The summed E-state index contributed by atoms with van der Waals surface area (Å²) in [5, 5.41) is 3.40. The van der Waals surface area contributed by atoms with E-state index in [-0.39, 0.29) is 6.04 Å². The third-order valence-corrected chi connectivity index (χ3v) is 5.63. The molecule has 3 nitrogen and oxygen atoms in total. The van der Waals surface area contributed by atoms with Gasteiger partial charge in [-0.25, -0.2) is 0 Å². The molecule has 0 radical (unpaired) electrons. The van der Waals surface area contributed by atoms with Gasteiger partial charge in [0.25, 0.3) is 0 Å². The highest BCUT2D eigenvalue weighted by molar-refractivity contribution is 5.84. The number of hydrogen-bond donors (Lipinski definition) is 1. The van der Waals surface area contributed by atoms with Crippen molar-refractivity contribution in [2.75, 3.05) is 13.2 Å². The Labute approximate surface area is 110 Å². The molecular formula is C15H26N2O. The van der Waals surface area contributed by atoms with Crippen molar-refractivity contribution in [2.45, 2.75) is 52.0 Å². The van der Waals surface area contributed by atoms with Crippen LogP contribution in [-0.4, -0.2) is 30.1 Å². The predicted molar refractivity (Wildman–Crippen MR) is 71.9 cm³/mol. The third kappa shape index (κ3) is 2.07. The second-order valence-electron chi connectivity index (χ2n) is 6.72. The van der Waals surface area contributed by atoms with E-state index in [0.717, 1.165) is 37.4 Å². The quantitative estimate of drug-likeness (QED) is 0.830. The Morgan fingerprint density at radius 1 is 1.39 bits per heavy atom. The zero-order chi connectivity index (χ0) is 12.7. The molecule has 0 aromatic rings. The number of hydrogen-bond acceptors (Lipinski definition) is 2. The molecule has 3 fully saturated rings. The molecule has 0 spiro atoms. The topological polar surface area (TPSA) is 32.3 Å². The number of nitrogens with one attached hydrogen (secondary N) is 1. The number of amides is 1. The molecule has 0 aromatic carbocycles. The third-order valence-electron chi connectivity index (χ3n) is 5.63. The van der Waals surface area contributed by atoms with E-state index in [1.807, 2.05) is 0 Å². The van der Waals surface area contributed by atoms with Gasteiger partial charge in [-0.05, 0) is 42.9 Å². The molecule has 1 saturated heterocycles. The summed E-state index contributed by atoms with van der Waals surface area (Å²) in [5.41, 5.74) is 0. The van der Waals surface area contributed by atoms with Gasteiger partial charge in [-0.15, -0.1) is 0 Å². The summed E-state index contributed by atoms with van der Waals surface area (Å²) in [6, 6.07) is 0.0774. The van der Waals surface area contributed by atoms with Gasteiger partial charge in [0.15, 0.2) is 0 Å². The zero-order valence-corrected chi connectivity index (χ0v) is 11.7. The zero-order valence-electron chi connectivity index (χ0n) is 11.7. The number of nitrogens with zero attached hydrogens (tertiary/aromatic N) is 1. The van der Waals surface area contributed by atoms with Crippen LogP contribution >= 0.6 is 0 Å². The van der Waals surface area contributed by atoms with Gasteiger partial charge in [0.1, 0.15) is 0 Å². The minimum Gasteiger partial charge on any atom is -0.328 e. The Bertz CT molecular complexity index is 330. The average Bonchev–Trinajstić information content (AvgIpc) is 3.06. The maximum atomic E-state index is 12.4. The first-order valence-electron chi connectivity index (χ1n) is 7.71. The lowest BCUT2D eigenvalue weighted by molar-refractivity contribution is -0.130. The molecule has 3 rings (SSSR count). The number of carbonyl (C=O) groups excluding carboxylic acids is 1. The smallest absolute Gasteiger partial charge is 0.241 e. The van der Waals surface area contributed by atoms with Crippen LogP contribution in [0.5, 0.6) is 0 Å². The van der Waals surface area contributed by atoms with E-state index >= 15 is 0 Å². The minimum absolute atomic E-state index is 0.0774. The molecule has 102 valence electrons. The molecule has 5 unspecified atom stereocenters. The summed E-state index contributed by atoms with van der Waals surface area (Å²) in [6.45, 7) is 6.14. The van der Waals surface area contributed by atoms with Crippen LogP contribution in [-0.2, 0) is 4.79 Å².